The van der Waals surface area contributed by atoms with E-state index in [1.54, 1.807) is 31.5 Å². The Hall–Kier alpha value is -2.38. The van der Waals surface area contributed by atoms with E-state index in [9.17, 15) is 22.8 Å². The van der Waals surface area contributed by atoms with Crippen LogP contribution in [-0.2, 0) is 10.7 Å². The van der Waals surface area contributed by atoms with Crippen molar-refractivity contribution in [3.05, 3.63) is 36.2 Å². The third kappa shape index (κ3) is 4.08. The molecule has 1 atom stereocenters. The number of hydrogen-bond donors (Lipinski definition) is 3. The van der Waals surface area contributed by atoms with E-state index in [1.165, 1.54) is 6.20 Å². The summed E-state index contributed by atoms with van der Waals surface area (Å²) in [5.74, 6) is 0.0253. The fraction of sp³-hybridized carbons (Fsp3) is 0.429. The summed E-state index contributed by atoms with van der Waals surface area (Å²) in [6.07, 6.45) is -0.604. The topological polar surface area (TPSA) is 90.9 Å². The molecular weight excluding hydrogens is 428 g/mol. The molecule has 4 rings (SSSR count). The highest BCUT2D eigenvalue weighted by Crippen LogP contribution is 2.49. The first-order chi connectivity index (χ1) is 14.4. The molecule has 0 amide bonds. The Morgan fingerprint density at radius 1 is 1.32 bits per heavy atom. The monoisotopic (exact) mass is 452 g/mol. The lowest BCUT2D eigenvalue weighted by atomic mass is 10.00. The van der Waals surface area contributed by atoms with Crippen molar-refractivity contribution in [2.45, 2.75) is 32.0 Å². The van der Waals surface area contributed by atoms with E-state index >= 15 is 0 Å². The molecule has 1 aromatic carbocycles. The maximum absolute atomic E-state index is 13.8. The number of aromatic nitrogens is 3. The number of nitrogens with zero attached hydrogens (tertiary/aromatic N) is 2. The molecule has 6 nitrogen and oxygen atoms in total. The summed E-state index contributed by atoms with van der Waals surface area (Å²) in [5.41, 5.74) is -0.570. The fourth-order valence-corrected chi connectivity index (χ4v) is 4.96. The van der Waals surface area contributed by atoms with Gasteiger partial charge in [-0.1, -0.05) is 19.1 Å². The molecular formula is C21H24F3N4O2P. The first-order valence-corrected chi connectivity index (χ1v) is 12.5. The molecule has 10 heteroatoms. The number of rotatable bonds is 6. The van der Waals surface area contributed by atoms with E-state index in [0.717, 1.165) is 19.0 Å². The van der Waals surface area contributed by atoms with Crippen LogP contribution in [0.3, 0.4) is 0 Å². The normalized spacial score (nSPS) is 17.0. The largest absolute Gasteiger partial charge is 0.419 e. The van der Waals surface area contributed by atoms with Crippen LogP contribution in [0.1, 0.15) is 25.3 Å². The predicted octanol–water partition coefficient (Wildman–Crippen LogP) is 4.46. The van der Waals surface area contributed by atoms with Gasteiger partial charge in [0.25, 0.3) is 0 Å². The number of alkyl halides is 3. The maximum Gasteiger partial charge on any atom is 0.419 e. The highest BCUT2D eigenvalue weighted by Gasteiger charge is 2.45. The molecule has 1 fully saturated rings. The number of H-pyrrole nitrogens is 1. The molecule has 3 N–H and O–H groups in total. The molecule has 0 saturated heterocycles. The zero-order valence-corrected chi connectivity index (χ0v) is 18.3. The lowest BCUT2D eigenvalue weighted by Gasteiger charge is -2.23. The first-order valence-electron chi connectivity index (χ1n) is 9.92. The number of aliphatic hydroxyl groups is 1. The lowest BCUT2D eigenvalue weighted by Crippen LogP contribution is -2.33. The second-order valence-electron chi connectivity index (χ2n) is 8.74. The minimum absolute atomic E-state index is 0.0253. The van der Waals surface area contributed by atoms with E-state index < -0.39 is 18.9 Å². The average molecular weight is 452 g/mol. The van der Waals surface area contributed by atoms with Gasteiger partial charge in [-0.25, -0.2) is 9.97 Å². The summed E-state index contributed by atoms with van der Waals surface area (Å²) in [4.78, 5) is 11.1. The molecule has 31 heavy (non-hydrogen) atoms. The molecule has 1 aliphatic rings. The molecule has 0 bridgehead atoms. The van der Waals surface area contributed by atoms with Crippen LogP contribution in [0.2, 0.25) is 0 Å². The van der Waals surface area contributed by atoms with Gasteiger partial charge in [-0.3, -0.25) is 0 Å². The number of aromatic amines is 1. The zero-order chi connectivity index (χ0) is 22.6. The van der Waals surface area contributed by atoms with Crippen molar-refractivity contribution in [2.24, 2.45) is 5.41 Å². The molecule has 1 aliphatic carbocycles. The Kier molecular flexibility index (Phi) is 5.17. The quantitative estimate of drug-likeness (QED) is 0.481. The minimum atomic E-state index is -4.65. The van der Waals surface area contributed by atoms with Crippen LogP contribution in [0.4, 0.5) is 19.1 Å². The van der Waals surface area contributed by atoms with Gasteiger partial charge >= 0.3 is 6.18 Å². The second-order valence-corrected chi connectivity index (χ2v) is 11.9. The zero-order valence-electron chi connectivity index (χ0n) is 17.4. The minimum Gasteiger partial charge on any atom is -0.394 e. The predicted molar refractivity (Wildman–Crippen MR) is 115 cm³/mol. The summed E-state index contributed by atoms with van der Waals surface area (Å²) >= 11 is 0. The number of hydrogen-bond acceptors (Lipinski definition) is 5. The number of fused-ring (bicyclic) bond motifs is 1. The van der Waals surface area contributed by atoms with E-state index in [2.05, 4.69) is 20.3 Å². The van der Waals surface area contributed by atoms with Crippen LogP contribution < -0.4 is 10.6 Å². The Morgan fingerprint density at radius 2 is 2.03 bits per heavy atom. The van der Waals surface area contributed by atoms with Crippen molar-refractivity contribution in [1.29, 1.82) is 0 Å². The van der Waals surface area contributed by atoms with E-state index in [4.69, 9.17) is 0 Å². The number of nitrogens with one attached hydrogen (secondary N) is 2. The van der Waals surface area contributed by atoms with Gasteiger partial charge in [0, 0.05) is 28.6 Å². The maximum atomic E-state index is 13.8. The average Bonchev–Trinajstić information content (AvgIpc) is 3.28. The Morgan fingerprint density at radius 3 is 2.61 bits per heavy atom. The van der Waals surface area contributed by atoms with Gasteiger partial charge in [0.1, 0.15) is 12.7 Å². The summed E-state index contributed by atoms with van der Waals surface area (Å²) < 4.78 is 54.0. The third-order valence-corrected chi connectivity index (χ3v) is 7.52. The van der Waals surface area contributed by atoms with Crippen LogP contribution in [0.5, 0.6) is 0 Å². The van der Waals surface area contributed by atoms with Crippen LogP contribution in [0, 0.1) is 5.41 Å². The fourth-order valence-electron chi connectivity index (χ4n) is 3.79. The summed E-state index contributed by atoms with van der Waals surface area (Å²) in [6.45, 7) is 5.06. The Bertz CT molecular complexity index is 1180. The third-order valence-electron chi connectivity index (χ3n) is 5.99. The molecule has 0 unspecified atom stereocenters. The molecule has 0 spiro atoms. The van der Waals surface area contributed by atoms with Gasteiger partial charge in [-0.05, 0) is 37.7 Å². The highest BCUT2D eigenvalue weighted by atomic mass is 31.2. The van der Waals surface area contributed by atoms with Crippen LogP contribution in [0.25, 0.3) is 22.2 Å². The molecule has 2 aromatic heterocycles. The van der Waals surface area contributed by atoms with E-state index in [1.807, 2.05) is 6.92 Å². The molecule has 1 saturated carbocycles. The van der Waals surface area contributed by atoms with Crippen molar-refractivity contribution in [3.8, 4) is 11.3 Å². The van der Waals surface area contributed by atoms with Crippen molar-refractivity contribution in [1.82, 2.24) is 15.0 Å². The number of halogens is 3. The van der Waals surface area contributed by atoms with Crippen LogP contribution in [-0.4, -0.2) is 46.0 Å². The van der Waals surface area contributed by atoms with E-state index in [-0.39, 0.29) is 35.3 Å². The van der Waals surface area contributed by atoms with Gasteiger partial charge in [-0.15, -0.1) is 0 Å². The van der Waals surface area contributed by atoms with Crippen molar-refractivity contribution >= 4 is 29.3 Å². The molecule has 166 valence electrons. The summed E-state index contributed by atoms with van der Waals surface area (Å²) in [7, 11) is -2.66. The number of benzene rings is 1. The lowest BCUT2D eigenvalue weighted by molar-refractivity contribution is -0.137. The smallest absolute Gasteiger partial charge is 0.394 e. The van der Waals surface area contributed by atoms with Crippen molar-refractivity contribution < 1.29 is 22.8 Å². The van der Waals surface area contributed by atoms with Gasteiger partial charge in [0.2, 0.25) is 5.95 Å². The first kappa shape index (κ1) is 21.8. The van der Waals surface area contributed by atoms with Gasteiger partial charge in [-0.2, -0.15) is 13.2 Å². The molecule has 0 radical (unpaired) electrons. The summed E-state index contributed by atoms with van der Waals surface area (Å²) in [5, 5.41) is 13.8. The molecule has 0 aliphatic heterocycles. The summed E-state index contributed by atoms with van der Waals surface area (Å²) in [6, 6.07) is 4.72. The number of anilines is 1. The Labute approximate surface area is 177 Å². The van der Waals surface area contributed by atoms with Crippen LogP contribution >= 0.6 is 7.14 Å². The molecule has 2 heterocycles. The number of aliphatic hydroxyl groups excluding tert-OH is 1. The Balaban J connectivity index is 1.86. The van der Waals surface area contributed by atoms with Gasteiger partial charge < -0.3 is 20.0 Å². The van der Waals surface area contributed by atoms with Gasteiger partial charge in [0.15, 0.2) is 0 Å². The van der Waals surface area contributed by atoms with Crippen molar-refractivity contribution in [2.75, 3.05) is 25.3 Å². The van der Waals surface area contributed by atoms with E-state index in [0.29, 0.717) is 16.2 Å². The van der Waals surface area contributed by atoms with Gasteiger partial charge in [0.05, 0.1) is 23.9 Å². The number of para-hydroxylation sites is 1. The standard InChI is InChI=1S/C21H24F3N4O2P/c1-20(7-8-20)16(11-29)27-19-26-10-14(21(22,23)24)17(28-19)13-9-25-18-12(13)5-4-6-15(18)31(2,3)30/h4-6,9-10,16,25,29H,7-8,11H2,1-3H3,(H,26,27,28)/t16-/m1/s1. The highest BCUT2D eigenvalue weighted by molar-refractivity contribution is 7.70. The van der Waals surface area contributed by atoms with Crippen LogP contribution in [0.15, 0.2) is 30.6 Å². The second kappa shape index (κ2) is 7.35. The SMILES string of the molecule is CC1([C@@H](CO)Nc2ncc(C(F)(F)F)c(-c3c[nH]c4c(P(C)(C)=O)cccc34)n2)CC1. The molecule has 3 aromatic rings. The van der Waals surface area contributed by atoms with Crippen molar-refractivity contribution in [3.63, 3.8) is 0 Å².